The van der Waals surface area contributed by atoms with E-state index in [2.05, 4.69) is 0 Å². The van der Waals surface area contributed by atoms with E-state index in [1.807, 2.05) is 0 Å². The molecule has 0 heterocycles. The molecule has 0 aliphatic heterocycles. The van der Waals surface area contributed by atoms with Gasteiger partial charge in [0.2, 0.25) is 0 Å². The van der Waals surface area contributed by atoms with Crippen LogP contribution in [0.3, 0.4) is 0 Å². The summed E-state index contributed by atoms with van der Waals surface area (Å²) in [6.07, 6.45) is -0.830. The summed E-state index contributed by atoms with van der Waals surface area (Å²) in [6, 6.07) is 2.72. The van der Waals surface area contributed by atoms with E-state index in [1.54, 1.807) is 20.8 Å². The average molecular weight is 331 g/mol. The van der Waals surface area contributed by atoms with Crippen molar-refractivity contribution in [3.8, 4) is 5.75 Å². The van der Waals surface area contributed by atoms with Crippen LogP contribution in [0, 0.1) is 11.6 Å². The molecule has 0 radical (unpaired) electrons. The normalized spacial score (nSPS) is 11.0. The van der Waals surface area contributed by atoms with Gasteiger partial charge in [0, 0.05) is 6.07 Å². The van der Waals surface area contributed by atoms with Gasteiger partial charge < -0.3 is 14.6 Å². The van der Waals surface area contributed by atoms with Crippen LogP contribution in [0.2, 0.25) is 0 Å². The molecule has 0 unspecified atom stereocenters. The second-order valence-corrected chi connectivity index (χ2v) is 5.72. The number of hydrogen-bond acceptors (Lipinski definition) is 4. The van der Waals surface area contributed by atoms with Crippen LogP contribution in [0.4, 0.5) is 13.6 Å². The van der Waals surface area contributed by atoms with Crippen LogP contribution in [0.15, 0.2) is 18.2 Å². The number of benzene rings is 1. The topological polar surface area (TPSA) is 76.1 Å². The van der Waals surface area contributed by atoms with Crippen LogP contribution in [0.25, 0.3) is 0 Å². The third-order valence-electron chi connectivity index (χ3n) is 2.49. The van der Waals surface area contributed by atoms with Crippen LogP contribution in [-0.4, -0.2) is 47.4 Å². The Morgan fingerprint density at radius 2 is 1.91 bits per heavy atom. The third-order valence-corrected chi connectivity index (χ3v) is 2.49. The molecule has 0 saturated heterocycles. The highest BCUT2D eigenvalue weighted by Crippen LogP contribution is 2.18. The molecule has 1 amide bonds. The molecule has 0 aliphatic carbocycles. The number of hydrogen-bond donors (Lipinski definition) is 1. The molecule has 0 fully saturated rings. The summed E-state index contributed by atoms with van der Waals surface area (Å²) in [6.45, 7) is 3.96. The molecule has 1 aromatic rings. The number of halogens is 2. The maximum Gasteiger partial charge on any atom is 0.410 e. The van der Waals surface area contributed by atoms with Crippen LogP contribution >= 0.6 is 0 Å². The van der Waals surface area contributed by atoms with E-state index < -0.39 is 35.8 Å². The largest absolute Gasteiger partial charge is 0.489 e. The third kappa shape index (κ3) is 6.94. The van der Waals surface area contributed by atoms with Crippen LogP contribution < -0.4 is 4.74 Å². The number of aliphatic carboxylic acids is 1. The highest BCUT2D eigenvalue weighted by molar-refractivity contribution is 5.76. The maximum absolute atomic E-state index is 13.4. The van der Waals surface area contributed by atoms with Gasteiger partial charge in [-0.1, -0.05) is 0 Å². The lowest BCUT2D eigenvalue weighted by molar-refractivity contribution is -0.138. The predicted octanol–water partition coefficient (Wildman–Crippen LogP) is 2.67. The summed E-state index contributed by atoms with van der Waals surface area (Å²) in [5, 5.41) is 8.83. The fourth-order valence-corrected chi connectivity index (χ4v) is 1.58. The fraction of sp³-hybridized carbons (Fsp3) is 0.467. The molecule has 1 N–H and O–H groups in total. The van der Waals surface area contributed by atoms with Crippen molar-refractivity contribution < 1.29 is 33.0 Å². The van der Waals surface area contributed by atoms with Crippen molar-refractivity contribution in [1.29, 1.82) is 0 Å². The van der Waals surface area contributed by atoms with Gasteiger partial charge >= 0.3 is 12.1 Å². The van der Waals surface area contributed by atoms with E-state index in [0.29, 0.717) is 0 Å². The van der Waals surface area contributed by atoms with Gasteiger partial charge in [0.25, 0.3) is 0 Å². The predicted molar refractivity (Wildman–Crippen MR) is 77.3 cm³/mol. The summed E-state index contributed by atoms with van der Waals surface area (Å²) >= 11 is 0. The Morgan fingerprint density at radius 3 is 2.48 bits per heavy atom. The Hall–Kier alpha value is -2.38. The van der Waals surface area contributed by atoms with Crippen molar-refractivity contribution >= 4 is 12.1 Å². The van der Waals surface area contributed by atoms with Gasteiger partial charge in [-0.3, -0.25) is 9.69 Å². The Morgan fingerprint density at radius 1 is 1.26 bits per heavy atom. The molecule has 128 valence electrons. The molecule has 0 saturated carbocycles. The summed E-state index contributed by atoms with van der Waals surface area (Å²) in [5.74, 6) is -2.97. The lowest BCUT2D eigenvalue weighted by Gasteiger charge is -2.26. The van der Waals surface area contributed by atoms with Crippen molar-refractivity contribution in [2.24, 2.45) is 0 Å². The van der Waals surface area contributed by atoms with E-state index in [4.69, 9.17) is 14.6 Å². The number of amides is 1. The van der Waals surface area contributed by atoms with E-state index in [0.717, 1.165) is 23.1 Å². The van der Waals surface area contributed by atoms with Gasteiger partial charge in [-0.25, -0.2) is 13.6 Å². The zero-order chi connectivity index (χ0) is 17.6. The Labute approximate surface area is 132 Å². The standard InChI is InChI=1S/C15H19F2NO5/c1-15(2,3)23-14(21)18(9-13(19)20)6-7-22-12-8-10(16)4-5-11(12)17/h4-5,8H,6-7,9H2,1-3H3,(H,19,20). The van der Waals surface area contributed by atoms with E-state index in [-0.39, 0.29) is 18.9 Å². The van der Waals surface area contributed by atoms with Gasteiger partial charge in [-0.2, -0.15) is 0 Å². The minimum absolute atomic E-state index is 0.156. The molecule has 0 aliphatic rings. The van der Waals surface area contributed by atoms with Crippen molar-refractivity contribution in [2.75, 3.05) is 19.7 Å². The fourth-order valence-electron chi connectivity index (χ4n) is 1.58. The van der Waals surface area contributed by atoms with Crippen molar-refractivity contribution in [2.45, 2.75) is 26.4 Å². The molecule has 6 nitrogen and oxygen atoms in total. The summed E-state index contributed by atoms with van der Waals surface area (Å²) in [4.78, 5) is 23.6. The highest BCUT2D eigenvalue weighted by atomic mass is 19.1. The highest BCUT2D eigenvalue weighted by Gasteiger charge is 2.23. The molecular formula is C15H19F2NO5. The summed E-state index contributed by atoms with van der Waals surface area (Å²) < 4.78 is 36.5. The first-order valence-electron chi connectivity index (χ1n) is 6.86. The second-order valence-electron chi connectivity index (χ2n) is 5.72. The molecule has 8 heteroatoms. The first-order chi connectivity index (χ1) is 10.6. The van der Waals surface area contributed by atoms with E-state index in [9.17, 15) is 18.4 Å². The zero-order valence-electron chi connectivity index (χ0n) is 13.1. The molecule has 0 aromatic heterocycles. The quantitative estimate of drug-likeness (QED) is 0.867. The SMILES string of the molecule is CC(C)(C)OC(=O)N(CCOc1cc(F)ccc1F)CC(=O)O. The van der Waals surface area contributed by atoms with Crippen LogP contribution in [-0.2, 0) is 9.53 Å². The number of carboxylic acids is 1. The van der Waals surface area contributed by atoms with Crippen LogP contribution in [0.5, 0.6) is 5.75 Å². The molecule has 1 rings (SSSR count). The first kappa shape index (κ1) is 18.7. The van der Waals surface area contributed by atoms with E-state index >= 15 is 0 Å². The van der Waals surface area contributed by atoms with E-state index in [1.165, 1.54) is 0 Å². The molecule has 0 bridgehead atoms. The van der Waals surface area contributed by atoms with Gasteiger partial charge in [-0.15, -0.1) is 0 Å². The Kier molecular flexibility index (Phi) is 6.29. The second kappa shape index (κ2) is 7.75. The molecule has 23 heavy (non-hydrogen) atoms. The first-order valence-corrected chi connectivity index (χ1v) is 6.86. The van der Waals surface area contributed by atoms with Gasteiger partial charge in [0.1, 0.15) is 24.6 Å². The smallest absolute Gasteiger partial charge is 0.410 e. The number of carbonyl (C=O) groups excluding carboxylic acids is 1. The summed E-state index contributed by atoms with van der Waals surface area (Å²) in [5.41, 5.74) is -0.788. The number of ether oxygens (including phenoxy) is 2. The van der Waals surface area contributed by atoms with Gasteiger partial charge in [0.05, 0.1) is 6.54 Å². The Balaban J connectivity index is 2.65. The molecule has 0 spiro atoms. The summed E-state index contributed by atoms with van der Waals surface area (Å²) in [7, 11) is 0. The average Bonchev–Trinajstić information content (AvgIpc) is 2.39. The molecule has 1 aromatic carbocycles. The number of carboxylic acid groups (broad SMARTS) is 1. The molecule has 0 atom stereocenters. The van der Waals surface area contributed by atoms with Gasteiger partial charge in [-0.05, 0) is 32.9 Å². The lowest BCUT2D eigenvalue weighted by Crippen LogP contribution is -2.41. The number of rotatable bonds is 6. The van der Waals surface area contributed by atoms with Gasteiger partial charge in [0.15, 0.2) is 11.6 Å². The monoisotopic (exact) mass is 331 g/mol. The minimum atomic E-state index is -1.23. The minimum Gasteiger partial charge on any atom is -0.489 e. The Bertz CT molecular complexity index is 571. The lowest BCUT2D eigenvalue weighted by atomic mass is 10.2. The van der Waals surface area contributed by atoms with Crippen LogP contribution in [0.1, 0.15) is 20.8 Å². The van der Waals surface area contributed by atoms with Crippen molar-refractivity contribution in [3.05, 3.63) is 29.8 Å². The zero-order valence-corrected chi connectivity index (χ0v) is 13.1. The number of carbonyl (C=O) groups is 2. The maximum atomic E-state index is 13.4. The molecular weight excluding hydrogens is 312 g/mol. The number of nitrogens with zero attached hydrogens (tertiary/aromatic N) is 1. The van der Waals surface area contributed by atoms with Crippen molar-refractivity contribution in [1.82, 2.24) is 4.90 Å². The van der Waals surface area contributed by atoms with Crippen molar-refractivity contribution in [3.63, 3.8) is 0 Å².